The number of nitrogens with zero attached hydrogens (tertiary/aromatic N) is 1. The second-order valence-electron chi connectivity index (χ2n) is 7.43. The van der Waals surface area contributed by atoms with Crippen LogP contribution in [0.2, 0.25) is 10.0 Å². The smallest absolute Gasteiger partial charge is 0.251 e. The van der Waals surface area contributed by atoms with Crippen LogP contribution < -0.4 is 14.8 Å². The quantitative estimate of drug-likeness (QED) is 0.274. The van der Waals surface area contributed by atoms with Gasteiger partial charge in [-0.1, -0.05) is 48.3 Å². The maximum absolute atomic E-state index is 12.5. The lowest BCUT2D eigenvalue weighted by atomic mass is 10.2. The summed E-state index contributed by atoms with van der Waals surface area (Å²) in [7, 11) is 0. The van der Waals surface area contributed by atoms with Gasteiger partial charge in [0, 0.05) is 27.7 Å². The molecule has 0 bridgehead atoms. The lowest BCUT2D eigenvalue weighted by Crippen LogP contribution is -2.23. The molecule has 186 valence electrons. The number of carbonyl (C=O) groups is 1. The first kappa shape index (κ1) is 26.3. The van der Waals surface area contributed by atoms with Gasteiger partial charge in [0.1, 0.15) is 19.0 Å². The summed E-state index contributed by atoms with van der Waals surface area (Å²) in [5, 5.41) is 3.92. The number of para-hydroxylation sites is 2. The number of rotatable bonds is 9. The Hall–Kier alpha value is -3.33. The summed E-state index contributed by atoms with van der Waals surface area (Å²) in [6.07, 6.45) is 0.850. The van der Waals surface area contributed by atoms with Gasteiger partial charge in [-0.15, -0.1) is 1.43 Å². The highest BCUT2D eigenvalue weighted by Gasteiger charge is 2.14. The number of amides is 1. The number of carbonyl (C=O) groups excluding carboxylic acids is 1. The molecule has 1 amide bonds. The highest BCUT2D eigenvalue weighted by atomic mass is 35.5. The molecule has 0 aliphatic heterocycles. The van der Waals surface area contributed by atoms with Crippen molar-refractivity contribution in [2.45, 2.75) is 26.6 Å². The molecule has 3 aromatic carbocycles. The first-order chi connectivity index (χ1) is 17.0. The molecule has 0 fully saturated rings. The zero-order chi connectivity index (χ0) is 25.2. The molecule has 4 rings (SSSR count). The van der Waals surface area contributed by atoms with Crippen molar-refractivity contribution in [2.75, 3.05) is 6.54 Å². The van der Waals surface area contributed by atoms with Gasteiger partial charge in [-0.25, -0.2) is 4.98 Å². The molecule has 0 spiro atoms. The van der Waals surface area contributed by atoms with E-state index in [4.69, 9.17) is 38.2 Å². The first-order valence-electron chi connectivity index (χ1n) is 11.0. The van der Waals surface area contributed by atoms with E-state index in [1.165, 1.54) is 0 Å². The van der Waals surface area contributed by atoms with Crippen molar-refractivity contribution in [1.29, 1.82) is 0 Å². The van der Waals surface area contributed by atoms with E-state index in [0.29, 0.717) is 39.5 Å². The van der Waals surface area contributed by atoms with E-state index in [1.54, 1.807) is 36.4 Å². The molecule has 0 aliphatic rings. The Morgan fingerprint density at radius 3 is 2.57 bits per heavy atom. The van der Waals surface area contributed by atoms with E-state index < -0.39 is 0 Å². The summed E-state index contributed by atoms with van der Waals surface area (Å²) >= 11 is 12.3. The number of ether oxygens (including phenoxy) is 2. The number of H-pyrrole nitrogens is 1. The highest BCUT2D eigenvalue weighted by Crippen LogP contribution is 2.31. The van der Waals surface area contributed by atoms with Crippen molar-refractivity contribution in [3.05, 3.63) is 87.7 Å². The van der Waals surface area contributed by atoms with Crippen LogP contribution in [-0.4, -0.2) is 27.9 Å². The van der Waals surface area contributed by atoms with Crippen molar-refractivity contribution in [1.82, 2.24) is 15.3 Å². The van der Waals surface area contributed by atoms with E-state index >= 15 is 0 Å². The number of imidazole rings is 1. The summed E-state index contributed by atoms with van der Waals surface area (Å²) < 4.78 is 16.5. The molecule has 1 aromatic heterocycles. The maximum Gasteiger partial charge on any atom is 0.251 e. The first-order valence-corrected chi connectivity index (χ1v) is 11.3. The summed E-state index contributed by atoms with van der Waals surface area (Å²) in [6.45, 7) is 3.00. The lowest BCUT2D eigenvalue weighted by molar-refractivity contribution is 0.0953. The van der Waals surface area contributed by atoms with Gasteiger partial charge in [0.2, 0.25) is 0 Å². The normalized spacial score (nSPS) is 10.5. The van der Waals surface area contributed by atoms with Gasteiger partial charge in [0.25, 0.3) is 5.91 Å². The van der Waals surface area contributed by atoms with Crippen LogP contribution >= 0.6 is 23.2 Å². The molecule has 0 radical (unpaired) electrons. The predicted octanol–water partition coefficient (Wildman–Crippen LogP) is 6.14. The zero-order valence-electron chi connectivity index (χ0n) is 19.8. The van der Waals surface area contributed by atoms with E-state index in [2.05, 4.69) is 16.7 Å². The molecule has 0 aliphatic carbocycles. The molecule has 0 atom stereocenters. The summed E-state index contributed by atoms with van der Waals surface area (Å²) in [5.74, 6) is 1.44. The monoisotopic (exact) mass is 522 g/mol. The third-order valence-electron chi connectivity index (χ3n) is 4.94. The van der Waals surface area contributed by atoms with E-state index in [1.807, 2.05) is 31.2 Å². The summed E-state index contributed by atoms with van der Waals surface area (Å²) in [5.41, 5.74) is 10.6. The third-order valence-corrected chi connectivity index (χ3v) is 5.53. The Bertz CT molecular complexity index is 1260. The highest BCUT2D eigenvalue weighted by molar-refractivity contribution is 6.35. The van der Waals surface area contributed by atoms with Crippen LogP contribution in [0.1, 0.15) is 36.5 Å². The van der Waals surface area contributed by atoms with Gasteiger partial charge in [0.15, 0.2) is 11.5 Å². The van der Waals surface area contributed by atoms with Crippen LogP contribution in [0.3, 0.4) is 0 Å². The Morgan fingerprint density at radius 1 is 1.06 bits per heavy atom. The van der Waals surface area contributed by atoms with Crippen molar-refractivity contribution in [3.63, 3.8) is 0 Å². The summed E-state index contributed by atoms with van der Waals surface area (Å²) in [4.78, 5) is 20.2. The van der Waals surface area contributed by atoms with Crippen molar-refractivity contribution < 1.29 is 25.9 Å². The van der Waals surface area contributed by atoms with Crippen molar-refractivity contribution in [3.8, 4) is 11.5 Å². The van der Waals surface area contributed by atoms with Crippen LogP contribution in [0.15, 0.2) is 60.7 Å². The lowest BCUT2D eigenvalue weighted by Gasteiger charge is -2.14. The molecule has 1 heterocycles. The minimum absolute atomic E-state index is 0. The maximum atomic E-state index is 12.5. The van der Waals surface area contributed by atoms with Crippen LogP contribution in [0.4, 0.5) is 4.70 Å². The van der Waals surface area contributed by atoms with Crippen LogP contribution in [0, 0.1) is 0 Å². The number of halogens is 3. The fourth-order valence-corrected chi connectivity index (χ4v) is 3.70. The predicted molar refractivity (Wildman–Crippen MR) is 135 cm³/mol. The minimum atomic E-state index is -0.171. The van der Waals surface area contributed by atoms with Gasteiger partial charge in [-0.3, -0.25) is 9.50 Å². The Labute approximate surface area is 213 Å². The Kier molecular flexibility index (Phi) is 9.72. The fourth-order valence-electron chi connectivity index (χ4n) is 3.24. The molecule has 4 aromatic rings. The van der Waals surface area contributed by atoms with Gasteiger partial charge < -0.3 is 25.3 Å². The van der Waals surface area contributed by atoms with Crippen LogP contribution in [0.5, 0.6) is 11.5 Å². The average molecular weight is 523 g/mol. The number of aromatic nitrogens is 2. The molecule has 35 heavy (non-hydrogen) atoms. The molecule has 7 nitrogen and oxygen atoms in total. The van der Waals surface area contributed by atoms with E-state index in [9.17, 15) is 4.79 Å². The Balaban J connectivity index is 0.00000148. The van der Waals surface area contributed by atoms with E-state index in [-0.39, 0.29) is 23.8 Å². The van der Waals surface area contributed by atoms with Gasteiger partial charge >= 0.3 is 0 Å². The molecule has 10 heteroatoms. The zero-order valence-corrected chi connectivity index (χ0v) is 20.4. The molecule has 0 unspecified atom stereocenters. The van der Waals surface area contributed by atoms with Crippen molar-refractivity contribution in [2.24, 2.45) is 0 Å². The number of aromatic amines is 1. The molecule has 0 saturated carbocycles. The standard InChI is InChI=1S/C25H23Cl2N3O3.FH.H2O/c1-2-11-28-25(31)16-8-10-22(33-15-24-29-20-5-3-4-6-21(20)30-24)23(12-16)32-14-17-7-9-18(26)13-19(17)27;;/h3-10,12-13H,2,11,14-15H2,1H3,(H,28,31)(H,29,30);1H;1H2/p-1/i/hT. The minimum Gasteiger partial charge on any atom is -0.870 e. The second-order valence-corrected chi connectivity index (χ2v) is 8.27. The van der Waals surface area contributed by atoms with Gasteiger partial charge in [-0.2, -0.15) is 0 Å². The Morgan fingerprint density at radius 2 is 1.83 bits per heavy atom. The number of fused-ring (bicyclic) bond motifs is 1. The number of nitrogens with one attached hydrogen (secondary N) is 2. The number of hydrogen-bond donors (Lipinski definition) is 2. The largest absolute Gasteiger partial charge is 0.870 e. The van der Waals surface area contributed by atoms with Gasteiger partial charge in [-0.05, 0) is 48.9 Å². The molecule has 3 N–H and O–H groups in total. The van der Waals surface area contributed by atoms with Crippen molar-refractivity contribution >= 4 is 40.1 Å². The molecule has 0 saturated heterocycles. The summed E-state index contributed by atoms with van der Waals surface area (Å²) in [6, 6.07) is 18.1. The second kappa shape index (κ2) is 12.9. The van der Waals surface area contributed by atoms with E-state index in [0.717, 1.165) is 23.0 Å². The van der Waals surface area contributed by atoms with Gasteiger partial charge in [0.05, 0.1) is 11.0 Å². The average Bonchev–Trinajstić information content (AvgIpc) is 3.30. The topological polar surface area (TPSA) is 106 Å². The number of hydrogen-bond acceptors (Lipinski definition) is 5. The molecular weight excluding hydrogens is 496 g/mol. The SMILES string of the molecule is CCCNC(=O)c1ccc(OCc2nc3ccccc3[nH]2)c(OCc2ccc(Cl)cc2Cl)c1.F.[3H][O-]. The number of benzene rings is 3. The van der Waals surface area contributed by atoms with Crippen LogP contribution in [0.25, 0.3) is 11.0 Å². The third kappa shape index (κ3) is 7.08. The molecular formula is C25H25Cl2FN3O4-. The fraction of sp³-hybridized carbons (Fsp3) is 0.200. The van der Waals surface area contributed by atoms with Crippen LogP contribution in [-0.2, 0) is 13.2 Å².